The molecule has 2 aromatic heterocycles. The minimum atomic E-state index is -0.870. The fraction of sp³-hybridized carbons (Fsp3) is 0.429. The van der Waals surface area contributed by atoms with Crippen molar-refractivity contribution in [2.24, 2.45) is 11.8 Å². The average molecular weight is 613 g/mol. The molecule has 3 aliphatic heterocycles. The smallest absolute Gasteiger partial charge is 0.414 e. The lowest BCUT2D eigenvalue weighted by Crippen LogP contribution is -2.44. The molecule has 1 aliphatic carbocycles. The third kappa shape index (κ3) is 4.77. The van der Waals surface area contributed by atoms with Crippen LogP contribution in [0.15, 0.2) is 42.9 Å². The monoisotopic (exact) mass is 612 g/mol. The normalized spacial score (nSPS) is 29.2. The van der Waals surface area contributed by atoms with Crippen molar-refractivity contribution in [2.75, 3.05) is 31.1 Å². The second-order valence-corrected chi connectivity index (χ2v) is 11.2. The van der Waals surface area contributed by atoms with Crippen LogP contribution in [0.2, 0.25) is 0 Å². The summed E-state index contributed by atoms with van der Waals surface area (Å²) < 4.78 is 37.4. The Morgan fingerprint density at radius 2 is 1.95 bits per heavy atom. The number of hydrogen-bond donors (Lipinski definition) is 2. The Kier molecular flexibility index (Phi) is 7.27. The zero-order chi connectivity index (χ0) is 29.2. The van der Waals surface area contributed by atoms with Gasteiger partial charge in [-0.1, -0.05) is 11.3 Å². The van der Waals surface area contributed by atoms with Crippen LogP contribution in [0.4, 0.5) is 19.3 Å². The number of piperidine rings is 1. The summed E-state index contributed by atoms with van der Waals surface area (Å²) >= 11 is 0. The van der Waals surface area contributed by atoms with Crippen LogP contribution in [0.3, 0.4) is 0 Å². The van der Waals surface area contributed by atoms with Crippen molar-refractivity contribution in [3.63, 3.8) is 0 Å². The zero-order valence-electron chi connectivity index (χ0n) is 22.6. The van der Waals surface area contributed by atoms with Gasteiger partial charge < -0.3 is 20.1 Å². The molecule has 0 spiro atoms. The maximum Gasteiger partial charge on any atom is 0.414 e. The van der Waals surface area contributed by atoms with Gasteiger partial charge in [0.15, 0.2) is 0 Å². The number of halogens is 3. The van der Waals surface area contributed by atoms with E-state index in [0.717, 1.165) is 12.1 Å². The number of nitrogens with one attached hydrogen (secondary N) is 1. The molecule has 4 fully saturated rings. The topological polar surface area (TPSA) is 149 Å². The number of nitrogens with zero attached hydrogens (tertiary/aromatic N) is 7. The molecule has 12 nitrogen and oxygen atoms in total. The molecule has 2 amide bonds. The van der Waals surface area contributed by atoms with E-state index >= 15 is 8.78 Å². The number of nitriles is 1. The van der Waals surface area contributed by atoms with Gasteiger partial charge in [-0.25, -0.2) is 18.3 Å². The number of ether oxygens (including phenoxy) is 1. The maximum atomic E-state index is 15.3. The lowest BCUT2D eigenvalue weighted by Gasteiger charge is -2.25. The Hall–Kier alpha value is -4.19. The van der Waals surface area contributed by atoms with Gasteiger partial charge in [0.2, 0.25) is 5.91 Å². The number of benzene rings is 1. The molecule has 3 aromatic rings. The third-order valence-corrected chi connectivity index (χ3v) is 8.83. The highest BCUT2D eigenvalue weighted by atomic mass is 35.5. The second-order valence-electron chi connectivity index (χ2n) is 11.2. The molecular formula is C28H27ClF2N8O4. The van der Waals surface area contributed by atoms with Crippen LogP contribution in [-0.4, -0.2) is 86.4 Å². The maximum absolute atomic E-state index is 15.3. The van der Waals surface area contributed by atoms with E-state index in [1.54, 1.807) is 17.2 Å². The zero-order valence-corrected chi connectivity index (χ0v) is 23.5. The van der Waals surface area contributed by atoms with E-state index in [-0.39, 0.29) is 60.1 Å². The van der Waals surface area contributed by atoms with Crippen molar-refractivity contribution in [2.45, 2.75) is 36.6 Å². The molecule has 0 bridgehead atoms. The second kappa shape index (κ2) is 10.8. The SMILES string of the molecule is Cl.N#C[C@@]1(c2ccc(-c3c(F)cc(N4C[C@@H](Cn5ccnn5)OC4=O)cc3F)cn2)[C@@H]2CN(C(=O)[C@@H]3C[C@@H](O)CN3)C[C@@H]21. The number of hydrogen-bond acceptors (Lipinski definition) is 9. The minimum absolute atomic E-state index is 0. The van der Waals surface area contributed by atoms with Gasteiger partial charge >= 0.3 is 6.09 Å². The van der Waals surface area contributed by atoms with Crippen LogP contribution in [0.5, 0.6) is 0 Å². The van der Waals surface area contributed by atoms with E-state index < -0.39 is 41.4 Å². The van der Waals surface area contributed by atoms with Gasteiger partial charge in [0.05, 0.1) is 54.4 Å². The first-order valence-electron chi connectivity index (χ1n) is 13.7. The van der Waals surface area contributed by atoms with Crippen molar-refractivity contribution in [1.29, 1.82) is 5.26 Å². The molecule has 15 heteroatoms. The number of pyridine rings is 1. The number of rotatable bonds is 6. The summed E-state index contributed by atoms with van der Waals surface area (Å²) in [5.41, 5.74) is -0.442. The van der Waals surface area contributed by atoms with Crippen LogP contribution >= 0.6 is 12.4 Å². The standard InChI is InChI=1S/C28H26F2N8O4.ClH/c29-21-5-16(38-11-18(42-27(38)41)10-37-4-3-34-35-37)6-22(30)25(21)15-1-2-24(33-8-15)28(14-31)19-12-36(13-20(19)28)26(40)23-7-17(39)9-32-23;/h1-6,8,17-20,23,32,39H,7,9-13H2;1H/t17-,18-,19-,20+,23+,28-;/m1./s1. The van der Waals surface area contributed by atoms with Crippen LogP contribution in [0, 0.1) is 34.8 Å². The Balaban J connectivity index is 0.00000329. The van der Waals surface area contributed by atoms with E-state index in [9.17, 15) is 20.0 Å². The van der Waals surface area contributed by atoms with Crippen LogP contribution in [-0.2, 0) is 21.5 Å². The lowest BCUT2D eigenvalue weighted by molar-refractivity contribution is -0.132. The molecule has 1 saturated carbocycles. The van der Waals surface area contributed by atoms with E-state index in [4.69, 9.17) is 4.74 Å². The number of β-amino-alcohol motifs (C(OH)–C–C–N with tert-alkyl or cyclic N) is 1. The number of carbonyl (C=O) groups excluding carboxylic acids is 2. The molecule has 0 unspecified atom stereocenters. The third-order valence-electron chi connectivity index (χ3n) is 8.83. The molecule has 4 aliphatic rings. The Morgan fingerprint density at radius 1 is 1.21 bits per heavy atom. The molecule has 0 radical (unpaired) electrons. The summed E-state index contributed by atoms with van der Waals surface area (Å²) in [6.45, 7) is 1.56. The average Bonchev–Trinajstić information content (AvgIpc) is 3.62. The van der Waals surface area contributed by atoms with Gasteiger partial charge in [-0.15, -0.1) is 17.5 Å². The molecule has 3 saturated heterocycles. The van der Waals surface area contributed by atoms with Gasteiger partial charge in [0.25, 0.3) is 0 Å². The van der Waals surface area contributed by atoms with Crippen LogP contribution in [0.1, 0.15) is 12.1 Å². The first-order chi connectivity index (χ1) is 20.3. The van der Waals surface area contributed by atoms with Gasteiger partial charge in [0, 0.05) is 49.4 Å². The summed E-state index contributed by atoms with van der Waals surface area (Å²) in [4.78, 5) is 32.6. The summed E-state index contributed by atoms with van der Waals surface area (Å²) in [6, 6.07) is 7.27. The summed E-state index contributed by atoms with van der Waals surface area (Å²) in [7, 11) is 0. The number of anilines is 1. The van der Waals surface area contributed by atoms with Gasteiger partial charge in [-0.2, -0.15) is 5.26 Å². The predicted molar refractivity (Wildman–Crippen MR) is 148 cm³/mol. The van der Waals surface area contributed by atoms with E-state index in [1.165, 1.54) is 28.0 Å². The molecule has 6 atom stereocenters. The molecule has 43 heavy (non-hydrogen) atoms. The Morgan fingerprint density at radius 3 is 2.53 bits per heavy atom. The number of fused-ring (bicyclic) bond motifs is 1. The summed E-state index contributed by atoms with van der Waals surface area (Å²) in [6.07, 6.45) is 3.01. The van der Waals surface area contributed by atoms with Crippen molar-refractivity contribution < 1.29 is 28.2 Å². The number of likely N-dealkylation sites (tertiary alicyclic amines) is 1. The predicted octanol–water partition coefficient (Wildman–Crippen LogP) is 1.64. The quantitative estimate of drug-likeness (QED) is 0.424. The first kappa shape index (κ1) is 28.9. The van der Waals surface area contributed by atoms with Crippen molar-refractivity contribution >= 4 is 30.1 Å². The molecule has 1 aromatic carbocycles. The lowest BCUT2D eigenvalue weighted by atomic mass is 9.95. The number of aromatic nitrogens is 4. The van der Waals surface area contributed by atoms with E-state index in [0.29, 0.717) is 31.7 Å². The number of aliphatic hydroxyl groups is 1. The minimum Gasteiger partial charge on any atom is -0.442 e. The van der Waals surface area contributed by atoms with Crippen LogP contribution < -0.4 is 10.2 Å². The van der Waals surface area contributed by atoms with Crippen molar-refractivity contribution in [3.05, 3.63) is 60.2 Å². The molecular weight excluding hydrogens is 586 g/mol. The van der Waals surface area contributed by atoms with Gasteiger partial charge in [0.1, 0.15) is 23.2 Å². The van der Waals surface area contributed by atoms with Crippen molar-refractivity contribution in [1.82, 2.24) is 30.2 Å². The van der Waals surface area contributed by atoms with Gasteiger partial charge in [-0.05, 0) is 24.6 Å². The number of aliphatic hydroxyl groups excluding tert-OH is 1. The molecule has 5 heterocycles. The van der Waals surface area contributed by atoms with Crippen LogP contribution in [0.25, 0.3) is 11.1 Å². The fourth-order valence-electron chi connectivity index (χ4n) is 6.68. The van der Waals surface area contributed by atoms with E-state index in [2.05, 4.69) is 26.7 Å². The Bertz CT molecular complexity index is 1570. The highest BCUT2D eigenvalue weighted by molar-refractivity contribution is 5.90. The van der Waals surface area contributed by atoms with E-state index in [1.807, 2.05) is 0 Å². The highest BCUT2D eigenvalue weighted by Gasteiger charge is 2.71. The Labute approximate surface area is 250 Å². The first-order valence-corrected chi connectivity index (χ1v) is 13.7. The van der Waals surface area contributed by atoms with Gasteiger partial charge in [-0.3, -0.25) is 14.7 Å². The number of cyclic esters (lactones) is 1. The largest absolute Gasteiger partial charge is 0.442 e. The number of amides is 2. The summed E-state index contributed by atoms with van der Waals surface area (Å²) in [5.74, 6) is -1.98. The highest BCUT2D eigenvalue weighted by Crippen LogP contribution is 2.62. The molecule has 7 rings (SSSR count). The molecule has 224 valence electrons. The van der Waals surface area contributed by atoms with Crippen molar-refractivity contribution in [3.8, 4) is 17.2 Å². The fourth-order valence-corrected chi connectivity index (χ4v) is 6.68. The number of carbonyl (C=O) groups is 2. The molecule has 2 N–H and O–H groups in total. The summed E-state index contributed by atoms with van der Waals surface area (Å²) in [5, 5.41) is 30.4.